The highest BCUT2D eigenvalue weighted by atomic mass is 16.6. The lowest BCUT2D eigenvalue weighted by Crippen LogP contribution is -2.30. The first-order chi connectivity index (χ1) is 30.5. The van der Waals surface area contributed by atoms with Crippen LogP contribution in [0.3, 0.4) is 0 Å². The first kappa shape index (κ1) is 58.1. The van der Waals surface area contributed by atoms with Crippen molar-refractivity contribution >= 4 is 17.9 Å². The van der Waals surface area contributed by atoms with Crippen molar-refractivity contribution in [2.24, 2.45) is 0 Å². The molecule has 0 aromatic carbocycles. The van der Waals surface area contributed by atoms with Crippen LogP contribution in [0.1, 0.15) is 207 Å². The van der Waals surface area contributed by atoms with Gasteiger partial charge < -0.3 is 14.2 Å². The molecule has 0 radical (unpaired) electrons. The number of hydrogen-bond acceptors (Lipinski definition) is 6. The highest BCUT2D eigenvalue weighted by Crippen LogP contribution is 2.11. The van der Waals surface area contributed by atoms with E-state index in [-0.39, 0.29) is 38.0 Å². The molecule has 0 saturated carbocycles. The van der Waals surface area contributed by atoms with E-state index in [9.17, 15) is 14.4 Å². The van der Waals surface area contributed by atoms with Gasteiger partial charge in [-0.3, -0.25) is 14.4 Å². The van der Waals surface area contributed by atoms with Gasteiger partial charge in [-0.1, -0.05) is 194 Å². The second-order valence-corrected chi connectivity index (χ2v) is 16.0. The van der Waals surface area contributed by atoms with Crippen LogP contribution >= 0.6 is 0 Å². The number of ether oxygens (including phenoxy) is 3. The summed E-state index contributed by atoms with van der Waals surface area (Å²) in [4.78, 5) is 37.8. The van der Waals surface area contributed by atoms with Gasteiger partial charge in [0.2, 0.25) is 0 Å². The minimum Gasteiger partial charge on any atom is -0.462 e. The molecule has 6 heteroatoms. The van der Waals surface area contributed by atoms with E-state index < -0.39 is 12.1 Å². The molecule has 0 fully saturated rings. The molecule has 0 N–H and O–H groups in total. The molecule has 0 aromatic rings. The Morgan fingerprint density at radius 3 is 1.13 bits per heavy atom. The molecule has 0 aliphatic carbocycles. The van der Waals surface area contributed by atoms with Crippen molar-refractivity contribution in [3.05, 3.63) is 109 Å². The highest BCUT2D eigenvalue weighted by molar-refractivity contribution is 5.71. The molecule has 62 heavy (non-hydrogen) atoms. The first-order valence-corrected chi connectivity index (χ1v) is 24.9. The maximum Gasteiger partial charge on any atom is 0.306 e. The zero-order valence-electron chi connectivity index (χ0n) is 39.8. The topological polar surface area (TPSA) is 78.9 Å². The van der Waals surface area contributed by atoms with Gasteiger partial charge in [-0.2, -0.15) is 0 Å². The van der Waals surface area contributed by atoms with Crippen LogP contribution in [0, 0.1) is 0 Å². The monoisotopic (exact) mass is 859 g/mol. The van der Waals surface area contributed by atoms with Crippen LogP contribution in [0.2, 0.25) is 0 Å². The third kappa shape index (κ3) is 47.1. The summed E-state index contributed by atoms with van der Waals surface area (Å²) in [5.74, 6) is -1.10. The molecule has 6 nitrogen and oxygen atoms in total. The maximum atomic E-state index is 12.7. The Labute approximate surface area is 380 Å². The molecular weight excluding hydrogens is 769 g/mol. The van der Waals surface area contributed by atoms with Crippen molar-refractivity contribution in [1.82, 2.24) is 0 Å². The fourth-order valence-electron chi connectivity index (χ4n) is 6.28. The summed E-state index contributed by atoms with van der Waals surface area (Å²) in [6, 6.07) is 0. The minimum absolute atomic E-state index is 0.130. The molecule has 0 amide bonds. The van der Waals surface area contributed by atoms with Gasteiger partial charge in [-0.15, -0.1) is 0 Å². The van der Waals surface area contributed by atoms with Crippen LogP contribution < -0.4 is 0 Å². The molecule has 0 bridgehead atoms. The van der Waals surface area contributed by atoms with Crippen molar-refractivity contribution in [2.45, 2.75) is 213 Å². The van der Waals surface area contributed by atoms with Gasteiger partial charge in [0.1, 0.15) is 13.2 Å². The standard InChI is InChI=1S/C56H90O6/c1-4-7-10-13-16-19-22-25-26-27-28-29-30-32-34-37-40-43-46-49-55(58)61-52-53(51-60-54(57)48-45-42-39-36-33-24-21-18-15-12-9-6-3)62-56(59)50-47-44-41-38-35-31-23-20-17-14-11-8-5-2/h7,10,16,18-19,21,25-26,28-29,31-32,34-35,40-41,43-44,53H,4-6,8-9,11-15,17,20,22-24,27,30,33,36-39,42,45-52H2,1-3H3/b10-7-,19-16-,21-18-,26-25-,29-28-,34-32-,35-31-,43-40-,44-41-. The predicted octanol–water partition coefficient (Wildman–Crippen LogP) is 16.4. The van der Waals surface area contributed by atoms with Crippen molar-refractivity contribution < 1.29 is 28.6 Å². The predicted molar refractivity (Wildman–Crippen MR) is 265 cm³/mol. The van der Waals surface area contributed by atoms with Gasteiger partial charge >= 0.3 is 17.9 Å². The Morgan fingerprint density at radius 2 is 0.661 bits per heavy atom. The quantitative estimate of drug-likeness (QED) is 0.0263. The number of rotatable bonds is 43. The third-order valence-corrected chi connectivity index (χ3v) is 10.0. The van der Waals surface area contributed by atoms with Crippen molar-refractivity contribution in [1.29, 1.82) is 0 Å². The summed E-state index contributed by atoms with van der Waals surface area (Å²) in [5, 5.41) is 0. The summed E-state index contributed by atoms with van der Waals surface area (Å²) in [6.07, 6.45) is 66.7. The van der Waals surface area contributed by atoms with Gasteiger partial charge in [-0.25, -0.2) is 0 Å². The highest BCUT2D eigenvalue weighted by Gasteiger charge is 2.19. The van der Waals surface area contributed by atoms with Crippen LogP contribution in [0.5, 0.6) is 0 Å². The largest absolute Gasteiger partial charge is 0.462 e. The van der Waals surface area contributed by atoms with E-state index in [1.807, 2.05) is 18.2 Å². The van der Waals surface area contributed by atoms with Crippen LogP contribution in [0.4, 0.5) is 0 Å². The lowest BCUT2D eigenvalue weighted by atomic mass is 10.1. The van der Waals surface area contributed by atoms with Crippen molar-refractivity contribution in [2.75, 3.05) is 13.2 Å². The molecule has 350 valence electrons. The average Bonchev–Trinajstić information content (AvgIpc) is 3.27. The Balaban J connectivity index is 4.58. The van der Waals surface area contributed by atoms with E-state index >= 15 is 0 Å². The van der Waals surface area contributed by atoms with E-state index in [0.717, 1.165) is 83.5 Å². The Bertz CT molecular complexity index is 1310. The summed E-state index contributed by atoms with van der Waals surface area (Å²) in [6.45, 7) is 6.34. The Morgan fingerprint density at radius 1 is 0.339 bits per heavy atom. The summed E-state index contributed by atoms with van der Waals surface area (Å²) < 4.78 is 16.6. The number of carbonyl (C=O) groups excluding carboxylic acids is 3. The second kappa shape index (κ2) is 49.7. The number of hydrogen-bond donors (Lipinski definition) is 0. The summed E-state index contributed by atoms with van der Waals surface area (Å²) in [5.41, 5.74) is 0. The zero-order valence-corrected chi connectivity index (χ0v) is 39.8. The van der Waals surface area contributed by atoms with Gasteiger partial charge in [0, 0.05) is 19.3 Å². The molecule has 0 aliphatic rings. The molecule has 1 atom stereocenters. The smallest absolute Gasteiger partial charge is 0.306 e. The lowest BCUT2D eigenvalue weighted by Gasteiger charge is -2.18. The SMILES string of the molecule is CC/C=C\C/C=C\C/C=C\C/C=C\C/C=C\C/C=C\CCC(=O)OCC(COC(=O)CCCCCCC/C=C\CCCCC)OC(=O)CC/C=C\C/C=C\CCCCCCCC. The van der Waals surface area contributed by atoms with Gasteiger partial charge in [-0.05, 0) is 103 Å². The average molecular weight is 859 g/mol. The van der Waals surface area contributed by atoms with Crippen molar-refractivity contribution in [3.63, 3.8) is 0 Å². The molecule has 0 saturated heterocycles. The van der Waals surface area contributed by atoms with Crippen LogP contribution in [-0.4, -0.2) is 37.2 Å². The van der Waals surface area contributed by atoms with Crippen molar-refractivity contribution in [3.8, 4) is 0 Å². The molecular formula is C56H90O6. The molecule has 0 spiro atoms. The molecule has 0 aliphatic heterocycles. The molecule has 0 rings (SSSR count). The normalized spacial score (nSPS) is 13.0. The van der Waals surface area contributed by atoms with E-state index in [0.29, 0.717) is 19.3 Å². The zero-order chi connectivity index (χ0) is 45.1. The summed E-state index contributed by atoms with van der Waals surface area (Å²) >= 11 is 0. The fraction of sp³-hybridized carbons (Fsp3) is 0.625. The first-order valence-electron chi connectivity index (χ1n) is 24.9. The minimum atomic E-state index is -0.842. The van der Waals surface area contributed by atoms with E-state index in [1.165, 1.54) is 70.6 Å². The van der Waals surface area contributed by atoms with E-state index in [2.05, 4.69) is 112 Å². The number of carbonyl (C=O) groups is 3. The Kier molecular flexibility index (Phi) is 46.6. The van der Waals surface area contributed by atoms with Gasteiger partial charge in [0.05, 0.1) is 0 Å². The fourth-order valence-corrected chi connectivity index (χ4v) is 6.28. The number of esters is 3. The van der Waals surface area contributed by atoms with Gasteiger partial charge in [0.15, 0.2) is 6.10 Å². The second-order valence-electron chi connectivity index (χ2n) is 16.0. The molecule has 0 aromatic heterocycles. The molecule has 0 heterocycles. The van der Waals surface area contributed by atoms with E-state index in [1.54, 1.807) is 0 Å². The lowest BCUT2D eigenvalue weighted by molar-refractivity contribution is -0.166. The maximum absolute atomic E-state index is 12.7. The molecule has 1 unspecified atom stereocenters. The van der Waals surface area contributed by atoms with Crippen LogP contribution in [0.25, 0.3) is 0 Å². The van der Waals surface area contributed by atoms with E-state index in [4.69, 9.17) is 14.2 Å². The van der Waals surface area contributed by atoms with Crippen LogP contribution in [0.15, 0.2) is 109 Å². The number of unbranched alkanes of at least 4 members (excludes halogenated alkanes) is 14. The number of allylic oxidation sites excluding steroid dienone is 18. The van der Waals surface area contributed by atoms with Crippen LogP contribution in [-0.2, 0) is 28.6 Å². The third-order valence-electron chi connectivity index (χ3n) is 10.0. The van der Waals surface area contributed by atoms with Gasteiger partial charge in [0.25, 0.3) is 0 Å². The summed E-state index contributed by atoms with van der Waals surface area (Å²) in [7, 11) is 0. The Hall–Kier alpha value is -3.93.